The summed E-state index contributed by atoms with van der Waals surface area (Å²) in [5.41, 5.74) is 0.892. The van der Waals surface area contributed by atoms with E-state index in [1.54, 1.807) is 0 Å². The molecule has 0 heterocycles. The molecule has 1 aliphatic carbocycles. The Hall–Kier alpha value is -1.55. The average Bonchev–Trinajstić information content (AvgIpc) is 3.28. The van der Waals surface area contributed by atoms with Crippen molar-refractivity contribution in [3.8, 4) is 5.75 Å². The Balaban J connectivity index is 1.76. The summed E-state index contributed by atoms with van der Waals surface area (Å²) in [6.07, 6.45) is 2.97. The van der Waals surface area contributed by atoms with Crippen molar-refractivity contribution in [3.05, 3.63) is 29.8 Å². The Morgan fingerprint density at radius 1 is 1.27 bits per heavy atom. The van der Waals surface area contributed by atoms with Crippen LogP contribution in [-0.4, -0.2) is 24.7 Å². The van der Waals surface area contributed by atoms with E-state index >= 15 is 0 Å². The highest BCUT2D eigenvalue weighted by Gasteiger charge is 2.22. The second-order valence-corrected chi connectivity index (χ2v) is 6.62. The summed E-state index contributed by atoms with van der Waals surface area (Å²) in [4.78, 5) is 11.6. The second kappa shape index (κ2) is 7.63. The molecule has 0 spiro atoms. The zero-order valence-corrected chi connectivity index (χ0v) is 13.9. The number of carbonyl (C=O) groups is 1. The Kier molecular flexibility index (Phi) is 5.83. The second-order valence-electron chi connectivity index (χ2n) is 6.62. The van der Waals surface area contributed by atoms with Gasteiger partial charge in [0.05, 0.1) is 19.6 Å². The SMILES string of the molecule is CCOC(=O)CC(C)(C)NCc1ccc(OCC2CC2)cc1. The monoisotopic (exact) mass is 305 g/mol. The maximum absolute atomic E-state index is 11.6. The first-order chi connectivity index (χ1) is 10.5. The van der Waals surface area contributed by atoms with Gasteiger partial charge in [-0.2, -0.15) is 0 Å². The van der Waals surface area contributed by atoms with Gasteiger partial charge in [0.1, 0.15) is 5.75 Å². The largest absolute Gasteiger partial charge is 0.493 e. The molecule has 4 nitrogen and oxygen atoms in total. The molecule has 1 N–H and O–H groups in total. The third-order valence-electron chi connectivity index (χ3n) is 3.77. The van der Waals surface area contributed by atoms with Crippen LogP contribution in [0.3, 0.4) is 0 Å². The number of esters is 1. The van der Waals surface area contributed by atoms with Crippen LogP contribution in [-0.2, 0) is 16.1 Å². The van der Waals surface area contributed by atoms with Crippen LogP contribution in [0.15, 0.2) is 24.3 Å². The highest BCUT2D eigenvalue weighted by atomic mass is 16.5. The average molecular weight is 305 g/mol. The molecule has 0 aliphatic heterocycles. The topological polar surface area (TPSA) is 47.6 Å². The molecule has 0 radical (unpaired) electrons. The van der Waals surface area contributed by atoms with E-state index in [4.69, 9.17) is 9.47 Å². The maximum atomic E-state index is 11.6. The summed E-state index contributed by atoms with van der Waals surface area (Å²) in [6, 6.07) is 8.15. The summed E-state index contributed by atoms with van der Waals surface area (Å²) in [5.74, 6) is 1.54. The van der Waals surface area contributed by atoms with E-state index in [1.807, 2.05) is 32.9 Å². The zero-order chi connectivity index (χ0) is 16.0. The number of benzene rings is 1. The van der Waals surface area contributed by atoms with Gasteiger partial charge in [0.25, 0.3) is 0 Å². The normalized spacial score (nSPS) is 14.7. The molecule has 0 saturated heterocycles. The fraction of sp³-hybridized carbons (Fsp3) is 0.611. The molecule has 0 bridgehead atoms. The Labute approximate surface area is 133 Å². The van der Waals surface area contributed by atoms with Crippen molar-refractivity contribution < 1.29 is 14.3 Å². The maximum Gasteiger partial charge on any atom is 0.307 e. The predicted molar refractivity (Wildman–Crippen MR) is 86.8 cm³/mol. The van der Waals surface area contributed by atoms with Gasteiger partial charge in [-0.25, -0.2) is 0 Å². The molecular weight excluding hydrogens is 278 g/mol. The van der Waals surface area contributed by atoms with Crippen LogP contribution in [0.4, 0.5) is 0 Å². The third kappa shape index (κ3) is 6.06. The quantitative estimate of drug-likeness (QED) is 0.711. The van der Waals surface area contributed by atoms with Gasteiger partial charge in [-0.05, 0) is 57.2 Å². The Bertz CT molecular complexity index is 478. The van der Waals surface area contributed by atoms with Gasteiger partial charge < -0.3 is 14.8 Å². The number of hydrogen-bond acceptors (Lipinski definition) is 4. The molecule has 0 aromatic heterocycles. The van der Waals surface area contributed by atoms with E-state index in [9.17, 15) is 4.79 Å². The van der Waals surface area contributed by atoms with Crippen molar-refractivity contribution in [2.75, 3.05) is 13.2 Å². The van der Waals surface area contributed by atoms with E-state index in [0.717, 1.165) is 24.8 Å². The number of hydrogen-bond donors (Lipinski definition) is 1. The van der Waals surface area contributed by atoms with E-state index in [2.05, 4.69) is 17.4 Å². The van der Waals surface area contributed by atoms with Gasteiger partial charge >= 0.3 is 5.97 Å². The van der Waals surface area contributed by atoms with Crippen molar-refractivity contribution >= 4 is 5.97 Å². The minimum atomic E-state index is -0.284. The van der Waals surface area contributed by atoms with E-state index in [-0.39, 0.29) is 11.5 Å². The molecule has 1 aliphatic rings. The lowest BCUT2D eigenvalue weighted by molar-refractivity contribution is -0.144. The van der Waals surface area contributed by atoms with Crippen molar-refractivity contribution in [3.63, 3.8) is 0 Å². The molecule has 0 atom stereocenters. The molecule has 1 aromatic carbocycles. The molecule has 1 saturated carbocycles. The Morgan fingerprint density at radius 3 is 2.55 bits per heavy atom. The van der Waals surface area contributed by atoms with Gasteiger partial charge in [-0.1, -0.05) is 12.1 Å². The first-order valence-corrected chi connectivity index (χ1v) is 8.11. The van der Waals surface area contributed by atoms with Crippen LogP contribution >= 0.6 is 0 Å². The van der Waals surface area contributed by atoms with Gasteiger partial charge in [-0.3, -0.25) is 4.79 Å². The van der Waals surface area contributed by atoms with Crippen LogP contribution in [0.2, 0.25) is 0 Å². The molecule has 0 amide bonds. The van der Waals surface area contributed by atoms with Crippen LogP contribution in [0.5, 0.6) is 5.75 Å². The summed E-state index contributed by atoms with van der Waals surface area (Å²) in [6.45, 7) is 7.83. The van der Waals surface area contributed by atoms with Crippen LogP contribution in [0.25, 0.3) is 0 Å². The molecule has 0 unspecified atom stereocenters. The van der Waals surface area contributed by atoms with Crippen LogP contribution < -0.4 is 10.1 Å². The van der Waals surface area contributed by atoms with Crippen molar-refractivity contribution in [2.24, 2.45) is 5.92 Å². The fourth-order valence-corrected chi connectivity index (χ4v) is 2.18. The number of ether oxygens (including phenoxy) is 2. The predicted octanol–water partition coefficient (Wildman–Crippen LogP) is 3.30. The lowest BCUT2D eigenvalue weighted by Crippen LogP contribution is -2.41. The Morgan fingerprint density at radius 2 is 1.95 bits per heavy atom. The highest BCUT2D eigenvalue weighted by Crippen LogP contribution is 2.29. The zero-order valence-electron chi connectivity index (χ0n) is 13.9. The van der Waals surface area contributed by atoms with Crippen molar-refractivity contribution in [1.82, 2.24) is 5.32 Å². The summed E-state index contributed by atoms with van der Waals surface area (Å²) in [7, 11) is 0. The summed E-state index contributed by atoms with van der Waals surface area (Å²) < 4.78 is 10.7. The standard InChI is InChI=1S/C18H27NO3/c1-4-21-17(20)11-18(2,3)19-12-14-7-9-16(10-8-14)22-13-15-5-6-15/h7-10,15,19H,4-6,11-13H2,1-3H3. The van der Waals surface area contributed by atoms with Crippen LogP contribution in [0, 0.1) is 5.92 Å². The van der Waals surface area contributed by atoms with E-state index in [0.29, 0.717) is 13.0 Å². The molecular formula is C18H27NO3. The van der Waals surface area contributed by atoms with Gasteiger partial charge in [0.2, 0.25) is 0 Å². The van der Waals surface area contributed by atoms with E-state index in [1.165, 1.54) is 18.4 Å². The lowest BCUT2D eigenvalue weighted by Gasteiger charge is -2.25. The van der Waals surface area contributed by atoms with Gasteiger partial charge in [0, 0.05) is 12.1 Å². The third-order valence-corrected chi connectivity index (χ3v) is 3.77. The summed E-state index contributed by atoms with van der Waals surface area (Å²) in [5, 5.41) is 3.40. The molecule has 122 valence electrons. The molecule has 4 heteroatoms. The number of rotatable bonds is 9. The number of nitrogens with one attached hydrogen (secondary N) is 1. The fourth-order valence-electron chi connectivity index (χ4n) is 2.18. The van der Waals surface area contributed by atoms with Crippen LogP contribution in [0.1, 0.15) is 45.6 Å². The smallest absolute Gasteiger partial charge is 0.307 e. The first kappa shape index (κ1) is 16.8. The molecule has 1 aromatic rings. The van der Waals surface area contributed by atoms with Gasteiger partial charge in [-0.15, -0.1) is 0 Å². The van der Waals surface area contributed by atoms with Crippen molar-refractivity contribution in [1.29, 1.82) is 0 Å². The minimum absolute atomic E-state index is 0.163. The molecule has 22 heavy (non-hydrogen) atoms. The number of carbonyl (C=O) groups excluding carboxylic acids is 1. The molecule has 1 fully saturated rings. The molecule has 2 rings (SSSR count). The lowest BCUT2D eigenvalue weighted by atomic mass is 10.0. The first-order valence-electron chi connectivity index (χ1n) is 8.11. The van der Waals surface area contributed by atoms with Crippen molar-refractivity contribution in [2.45, 2.75) is 52.1 Å². The minimum Gasteiger partial charge on any atom is -0.493 e. The van der Waals surface area contributed by atoms with E-state index < -0.39 is 0 Å². The summed E-state index contributed by atoms with van der Waals surface area (Å²) >= 11 is 0. The highest BCUT2D eigenvalue weighted by molar-refractivity contribution is 5.70. The van der Waals surface area contributed by atoms with Gasteiger partial charge in [0.15, 0.2) is 0 Å².